The van der Waals surface area contributed by atoms with Crippen molar-refractivity contribution in [3.63, 3.8) is 0 Å². The van der Waals surface area contributed by atoms with Crippen LogP contribution in [-0.2, 0) is 44.2 Å². The Labute approximate surface area is 267 Å². The van der Waals surface area contributed by atoms with Crippen LogP contribution in [0.5, 0.6) is 5.75 Å². The molecule has 0 radical (unpaired) electrons. The Morgan fingerprint density at radius 1 is 1.13 bits per heavy atom. The highest BCUT2D eigenvalue weighted by Crippen LogP contribution is 2.41. The number of aliphatic hydroxyl groups is 1. The molecule has 2 unspecified atom stereocenters. The SMILES string of the molecule is CCOC(=O)C(C)CCC1CCN(C(=O)Oc2ccc3nc4c(c(CC)c3c2)Cn2c-4cc3c(c2=O)COC(=O)C3(O)CC)CC1. The number of rotatable bonds is 8. The molecular weight excluding hydrogens is 590 g/mol. The average molecular weight is 632 g/mol. The number of pyridine rings is 2. The van der Waals surface area contributed by atoms with Gasteiger partial charge < -0.3 is 28.8 Å². The van der Waals surface area contributed by atoms with Crippen LogP contribution >= 0.6 is 0 Å². The minimum Gasteiger partial charge on any atom is -0.466 e. The first kappa shape index (κ1) is 31.7. The smallest absolute Gasteiger partial charge is 0.415 e. The molecule has 0 aliphatic carbocycles. The number of aromatic nitrogens is 2. The molecular formula is C35H41N3O8. The van der Waals surface area contributed by atoms with E-state index in [1.165, 1.54) is 0 Å². The van der Waals surface area contributed by atoms with Crippen LogP contribution < -0.4 is 10.3 Å². The van der Waals surface area contributed by atoms with E-state index in [9.17, 15) is 24.3 Å². The van der Waals surface area contributed by atoms with E-state index < -0.39 is 17.7 Å². The average Bonchev–Trinajstić information content (AvgIpc) is 3.43. The molecule has 244 valence electrons. The first-order valence-electron chi connectivity index (χ1n) is 16.4. The number of piperidine rings is 1. The highest BCUT2D eigenvalue weighted by Gasteiger charge is 2.45. The van der Waals surface area contributed by atoms with Gasteiger partial charge in [0.05, 0.1) is 41.5 Å². The second-order valence-electron chi connectivity index (χ2n) is 12.6. The van der Waals surface area contributed by atoms with E-state index in [0.29, 0.717) is 61.2 Å². The Hall–Kier alpha value is -4.25. The van der Waals surface area contributed by atoms with E-state index in [4.69, 9.17) is 19.2 Å². The number of benzene rings is 1. The van der Waals surface area contributed by atoms with Crippen molar-refractivity contribution >= 4 is 28.9 Å². The minimum absolute atomic E-state index is 0.0792. The molecule has 11 nitrogen and oxygen atoms in total. The van der Waals surface area contributed by atoms with Crippen molar-refractivity contribution in [3.05, 3.63) is 56.9 Å². The van der Waals surface area contributed by atoms with Crippen LogP contribution in [0.15, 0.2) is 29.1 Å². The Morgan fingerprint density at radius 3 is 2.59 bits per heavy atom. The molecule has 1 fully saturated rings. The minimum atomic E-state index is -1.88. The van der Waals surface area contributed by atoms with Gasteiger partial charge in [0, 0.05) is 29.6 Å². The highest BCUT2D eigenvalue weighted by atomic mass is 16.6. The fraction of sp³-hybridized carbons (Fsp3) is 0.514. The fourth-order valence-electron chi connectivity index (χ4n) is 7.07. The second kappa shape index (κ2) is 12.5. The van der Waals surface area contributed by atoms with Crippen molar-refractivity contribution in [2.75, 3.05) is 19.7 Å². The van der Waals surface area contributed by atoms with Gasteiger partial charge in [-0.1, -0.05) is 20.8 Å². The molecule has 1 saturated heterocycles. The maximum atomic E-state index is 13.6. The number of fused-ring (bicyclic) bond motifs is 5. The van der Waals surface area contributed by atoms with Crippen LogP contribution in [0.1, 0.15) is 82.1 Å². The first-order valence-corrected chi connectivity index (χ1v) is 16.4. The monoisotopic (exact) mass is 631 g/mol. The van der Waals surface area contributed by atoms with Crippen LogP contribution in [0.2, 0.25) is 0 Å². The van der Waals surface area contributed by atoms with Crippen molar-refractivity contribution < 1.29 is 33.7 Å². The summed E-state index contributed by atoms with van der Waals surface area (Å²) in [5.74, 6) is -0.154. The number of hydrogen-bond donors (Lipinski definition) is 1. The molecule has 1 N–H and O–H groups in total. The third-order valence-electron chi connectivity index (χ3n) is 9.91. The zero-order valence-electron chi connectivity index (χ0n) is 26.9. The van der Waals surface area contributed by atoms with Gasteiger partial charge in [-0.15, -0.1) is 0 Å². The maximum absolute atomic E-state index is 13.6. The predicted octanol–water partition coefficient (Wildman–Crippen LogP) is 4.83. The van der Waals surface area contributed by atoms with E-state index >= 15 is 0 Å². The zero-order chi connectivity index (χ0) is 32.7. The lowest BCUT2D eigenvalue weighted by Crippen LogP contribution is -2.44. The third-order valence-corrected chi connectivity index (χ3v) is 9.91. The zero-order valence-corrected chi connectivity index (χ0v) is 26.9. The summed E-state index contributed by atoms with van der Waals surface area (Å²) in [6.07, 6.45) is 3.76. The van der Waals surface area contributed by atoms with E-state index in [-0.39, 0.29) is 41.6 Å². The lowest BCUT2D eigenvalue weighted by atomic mass is 9.86. The number of aryl methyl sites for hydroxylation is 1. The normalized spacial score (nSPS) is 19.7. The quantitative estimate of drug-likeness (QED) is 0.271. The summed E-state index contributed by atoms with van der Waals surface area (Å²) in [6, 6.07) is 7.09. The van der Waals surface area contributed by atoms with E-state index in [1.807, 2.05) is 32.9 Å². The lowest BCUT2D eigenvalue weighted by Gasteiger charge is -2.31. The highest BCUT2D eigenvalue weighted by molar-refractivity contribution is 5.90. The van der Waals surface area contributed by atoms with Crippen molar-refractivity contribution in [3.8, 4) is 17.1 Å². The molecule has 11 heteroatoms. The predicted molar refractivity (Wildman–Crippen MR) is 169 cm³/mol. The molecule has 0 saturated carbocycles. The molecule has 2 aromatic heterocycles. The maximum Gasteiger partial charge on any atom is 0.415 e. The number of esters is 2. The van der Waals surface area contributed by atoms with Gasteiger partial charge in [-0.2, -0.15) is 0 Å². The Balaban J connectivity index is 1.20. The first-order chi connectivity index (χ1) is 22.1. The molecule has 1 amide bonds. The van der Waals surface area contributed by atoms with E-state index in [2.05, 4.69) is 0 Å². The van der Waals surface area contributed by atoms with Crippen molar-refractivity contribution in [2.45, 2.75) is 85.0 Å². The van der Waals surface area contributed by atoms with Crippen LogP contribution in [-0.4, -0.2) is 57.3 Å². The molecule has 0 spiro atoms. The van der Waals surface area contributed by atoms with Gasteiger partial charge in [-0.25, -0.2) is 14.6 Å². The Morgan fingerprint density at radius 2 is 1.89 bits per heavy atom. The van der Waals surface area contributed by atoms with Gasteiger partial charge in [-0.05, 0) is 81.2 Å². The van der Waals surface area contributed by atoms with Gasteiger partial charge in [0.15, 0.2) is 5.60 Å². The summed E-state index contributed by atoms with van der Waals surface area (Å²) in [5, 5.41) is 12.0. The van der Waals surface area contributed by atoms with Crippen molar-refractivity contribution in [1.82, 2.24) is 14.5 Å². The molecule has 2 atom stereocenters. The molecule has 3 aromatic rings. The summed E-state index contributed by atoms with van der Waals surface area (Å²) in [4.78, 5) is 57.8. The lowest BCUT2D eigenvalue weighted by molar-refractivity contribution is -0.172. The van der Waals surface area contributed by atoms with Crippen LogP contribution in [0.25, 0.3) is 22.3 Å². The summed E-state index contributed by atoms with van der Waals surface area (Å²) in [6.45, 7) is 9.14. The fourth-order valence-corrected chi connectivity index (χ4v) is 7.07. The van der Waals surface area contributed by atoms with E-state index in [0.717, 1.165) is 42.2 Å². The number of nitrogens with zero attached hydrogens (tertiary/aromatic N) is 3. The summed E-state index contributed by atoms with van der Waals surface area (Å²) >= 11 is 0. The summed E-state index contributed by atoms with van der Waals surface area (Å²) in [5.41, 5.74) is 2.17. The van der Waals surface area contributed by atoms with E-state index in [1.54, 1.807) is 28.5 Å². The summed E-state index contributed by atoms with van der Waals surface area (Å²) < 4.78 is 17.8. The van der Waals surface area contributed by atoms with Gasteiger partial charge in [-0.3, -0.25) is 9.59 Å². The van der Waals surface area contributed by atoms with Gasteiger partial charge in [0.25, 0.3) is 5.56 Å². The molecule has 46 heavy (non-hydrogen) atoms. The number of ether oxygens (including phenoxy) is 3. The Kier molecular flexibility index (Phi) is 8.62. The van der Waals surface area contributed by atoms with Crippen LogP contribution in [0.4, 0.5) is 4.79 Å². The summed E-state index contributed by atoms with van der Waals surface area (Å²) in [7, 11) is 0. The number of cyclic esters (lactones) is 1. The standard InChI is InChI=1S/C35H41N3O8/c1-5-23-24-16-22(46-34(42)37-14-12-21(13-15-37)9-8-20(4)32(40)44-7-3)10-11-28(24)36-30-25(23)18-38-29(30)17-27-26(31(38)39)19-45-33(41)35(27,43)6-2/h10-11,16-17,20-21,43H,5-9,12-15,18-19H2,1-4H3. The van der Waals surface area contributed by atoms with Crippen LogP contribution in [0, 0.1) is 11.8 Å². The van der Waals surface area contributed by atoms with Gasteiger partial charge >= 0.3 is 18.0 Å². The molecule has 0 bridgehead atoms. The van der Waals surface area contributed by atoms with Gasteiger partial charge in [0.2, 0.25) is 0 Å². The topological polar surface area (TPSA) is 137 Å². The number of hydrogen-bond acceptors (Lipinski definition) is 9. The molecule has 3 aliphatic heterocycles. The molecule has 1 aromatic carbocycles. The molecule has 5 heterocycles. The van der Waals surface area contributed by atoms with Crippen LogP contribution in [0.3, 0.4) is 0 Å². The van der Waals surface area contributed by atoms with Crippen molar-refractivity contribution in [1.29, 1.82) is 0 Å². The second-order valence-corrected chi connectivity index (χ2v) is 12.6. The van der Waals surface area contributed by atoms with Gasteiger partial charge in [0.1, 0.15) is 12.4 Å². The molecule has 6 rings (SSSR count). The molecule has 3 aliphatic rings. The largest absolute Gasteiger partial charge is 0.466 e. The number of amides is 1. The number of likely N-dealkylation sites (tertiary alicyclic amines) is 1. The Bertz CT molecular complexity index is 1770. The number of carbonyl (C=O) groups excluding carboxylic acids is 3. The third kappa shape index (κ3) is 5.44. The number of carbonyl (C=O) groups is 3. The van der Waals surface area contributed by atoms with Crippen molar-refractivity contribution in [2.24, 2.45) is 11.8 Å².